The fourth-order valence-corrected chi connectivity index (χ4v) is 4.74. The minimum absolute atomic E-state index is 0.000992. The number of nitrogens with zero attached hydrogens (tertiary/aromatic N) is 4. The highest BCUT2D eigenvalue weighted by Gasteiger charge is 2.36. The van der Waals surface area contributed by atoms with Crippen molar-refractivity contribution in [1.82, 2.24) is 19.2 Å². The van der Waals surface area contributed by atoms with Gasteiger partial charge in [-0.3, -0.25) is 4.79 Å². The topological polar surface area (TPSA) is 52.2 Å². The number of rotatable bonds is 5. The quantitative estimate of drug-likeness (QED) is 0.477. The molecule has 4 rings (SSSR count). The van der Waals surface area contributed by atoms with Gasteiger partial charge in [0, 0.05) is 23.3 Å². The van der Waals surface area contributed by atoms with E-state index in [9.17, 15) is 4.79 Å². The maximum absolute atomic E-state index is 13.7. The molecule has 1 aliphatic carbocycles. The van der Waals surface area contributed by atoms with E-state index in [1.807, 2.05) is 16.8 Å². The van der Waals surface area contributed by atoms with Gasteiger partial charge in [-0.2, -0.15) is 0 Å². The number of hydrogen-bond acceptors (Lipinski definition) is 4. The van der Waals surface area contributed by atoms with Crippen molar-refractivity contribution in [3.63, 3.8) is 0 Å². The van der Waals surface area contributed by atoms with Gasteiger partial charge >= 0.3 is 0 Å². The molecule has 6 heteroatoms. The Balaban J connectivity index is 2.07. The van der Waals surface area contributed by atoms with E-state index in [0.29, 0.717) is 29.1 Å². The van der Waals surface area contributed by atoms with Crippen LogP contribution in [-0.4, -0.2) is 24.9 Å². The normalized spacial score (nSPS) is 14.9. The Hall–Kier alpha value is -2.34. The molecule has 1 aromatic carbocycles. The molecule has 0 N–H and O–H groups in total. The molecule has 28 heavy (non-hydrogen) atoms. The summed E-state index contributed by atoms with van der Waals surface area (Å²) in [4.78, 5) is 18.7. The van der Waals surface area contributed by atoms with Crippen molar-refractivity contribution >= 4 is 17.5 Å². The second-order valence-electron chi connectivity index (χ2n) is 8.45. The highest BCUT2D eigenvalue weighted by molar-refractivity contribution is 7.99. The summed E-state index contributed by atoms with van der Waals surface area (Å²) in [5, 5.41) is 5.42. The van der Waals surface area contributed by atoms with Crippen LogP contribution in [0.25, 0.3) is 17.0 Å². The molecular formula is C22H26N4OS. The van der Waals surface area contributed by atoms with Crippen molar-refractivity contribution in [1.29, 1.82) is 0 Å². The zero-order valence-electron chi connectivity index (χ0n) is 16.9. The van der Waals surface area contributed by atoms with Crippen molar-refractivity contribution in [2.45, 2.75) is 51.2 Å². The molecule has 0 radical (unpaired) electrons. The number of hydrogen-bond donors (Lipinski definition) is 0. The van der Waals surface area contributed by atoms with E-state index >= 15 is 0 Å². The zero-order chi connectivity index (χ0) is 20.1. The average molecular weight is 395 g/mol. The second kappa shape index (κ2) is 6.92. The number of thioether (sulfide) groups is 1. The third-order valence-corrected chi connectivity index (χ3v) is 6.07. The fraction of sp³-hybridized carbons (Fsp3) is 0.409. The summed E-state index contributed by atoms with van der Waals surface area (Å²) < 4.78 is 3.58. The van der Waals surface area contributed by atoms with Gasteiger partial charge in [0.25, 0.3) is 5.56 Å². The lowest BCUT2D eigenvalue weighted by atomic mass is 9.72. The Labute approximate surface area is 169 Å². The molecule has 0 saturated heterocycles. The number of aromatic nitrogens is 4. The van der Waals surface area contributed by atoms with Crippen LogP contribution in [0.5, 0.6) is 0 Å². The summed E-state index contributed by atoms with van der Waals surface area (Å²) in [5.74, 6) is 1.72. The summed E-state index contributed by atoms with van der Waals surface area (Å²) in [6.07, 6.45) is 2.66. The van der Waals surface area contributed by atoms with Crippen LogP contribution >= 0.6 is 11.8 Å². The van der Waals surface area contributed by atoms with Gasteiger partial charge < -0.3 is 0 Å². The Bertz CT molecular complexity index is 1120. The SMILES string of the molecule is C=CCSc1nn(CC(C)C)c2nc3c(c(=O)n12)C(C)(C)Cc1ccccc1-3. The molecule has 0 unspecified atom stereocenters. The first kappa shape index (κ1) is 19.0. The summed E-state index contributed by atoms with van der Waals surface area (Å²) >= 11 is 1.52. The van der Waals surface area contributed by atoms with Crippen molar-refractivity contribution in [3.05, 3.63) is 58.4 Å². The monoisotopic (exact) mass is 394 g/mol. The fourth-order valence-electron chi connectivity index (χ4n) is 4.02. The van der Waals surface area contributed by atoms with Gasteiger partial charge in [0.1, 0.15) is 0 Å². The molecule has 2 heterocycles. The Kier molecular flexibility index (Phi) is 4.70. The molecule has 0 aliphatic heterocycles. The second-order valence-corrected chi connectivity index (χ2v) is 9.44. The summed E-state index contributed by atoms with van der Waals surface area (Å²) in [7, 11) is 0. The van der Waals surface area contributed by atoms with Gasteiger partial charge in [-0.25, -0.2) is 14.1 Å². The molecule has 0 spiro atoms. The minimum Gasteiger partial charge on any atom is -0.268 e. The number of benzene rings is 1. The Morgan fingerprint density at radius 3 is 2.79 bits per heavy atom. The molecule has 2 aromatic heterocycles. The van der Waals surface area contributed by atoms with E-state index < -0.39 is 0 Å². The molecule has 0 saturated carbocycles. The third kappa shape index (κ3) is 3.00. The van der Waals surface area contributed by atoms with Gasteiger partial charge in [-0.05, 0) is 17.9 Å². The van der Waals surface area contributed by atoms with Crippen molar-refractivity contribution in [2.24, 2.45) is 5.92 Å². The summed E-state index contributed by atoms with van der Waals surface area (Å²) in [6, 6.07) is 8.28. The third-order valence-electron chi connectivity index (χ3n) is 5.14. The number of fused-ring (bicyclic) bond motifs is 4. The van der Waals surface area contributed by atoms with E-state index in [-0.39, 0.29) is 11.0 Å². The van der Waals surface area contributed by atoms with Crippen LogP contribution in [0.1, 0.15) is 38.8 Å². The Morgan fingerprint density at radius 1 is 1.32 bits per heavy atom. The summed E-state index contributed by atoms with van der Waals surface area (Å²) in [6.45, 7) is 13.1. The van der Waals surface area contributed by atoms with Gasteiger partial charge in [-0.15, -0.1) is 11.7 Å². The molecular weight excluding hydrogens is 368 g/mol. The highest BCUT2D eigenvalue weighted by Crippen LogP contribution is 2.40. The van der Waals surface area contributed by atoms with Gasteiger partial charge in [-0.1, -0.05) is 69.8 Å². The molecule has 146 valence electrons. The van der Waals surface area contributed by atoms with Crippen LogP contribution in [0.15, 0.2) is 46.9 Å². The van der Waals surface area contributed by atoms with E-state index in [1.54, 1.807) is 4.40 Å². The maximum Gasteiger partial charge on any atom is 0.265 e. The zero-order valence-corrected chi connectivity index (χ0v) is 17.7. The van der Waals surface area contributed by atoms with Crippen LogP contribution in [0.4, 0.5) is 0 Å². The van der Waals surface area contributed by atoms with E-state index in [0.717, 1.165) is 23.2 Å². The first-order valence-corrected chi connectivity index (χ1v) is 10.7. The summed E-state index contributed by atoms with van der Waals surface area (Å²) in [5.41, 5.74) is 3.62. The van der Waals surface area contributed by atoms with Crippen LogP contribution in [0.2, 0.25) is 0 Å². The molecule has 5 nitrogen and oxygen atoms in total. The first-order chi connectivity index (χ1) is 13.3. The van der Waals surface area contributed by atoms with E-state index in [4.69, 9.17) is 10.1 Å². The molecule has 1 aliphatic rings. The highest BCUT2D eigenvalue weighted by atomic mass is 32.2. The minimum atomic E-state index is -0.282. The standard InChI is InChI=1S/C22H26N4OS/c1-6-11-28-21-24-25(13-14(2)3)20-23-18-16-10-8-7-9-15(16)12-22(4,5)17(18)19(27)26(20)21/h6-10,14H,1,11-13H2,2-5H3. The van der Waals surface area contributed by atoms with E-state index in [1.165, 1.54) is 17.3 Å². The van der Waals surface area contributed by atoms with Crippen molar-refractivity contribution in [3.8, 4) is 11.3 Å². The smallest absolute Gasteiger partial charge is 0.265 e. The lowest BCUT2D eigenvalue weighted by molar-refractivity contribution is 0.484. The maximum atomic E-state index is 13.7. The lowest BCUT2D eigenvalue weighted by Crippen LogP contribution is -2.36. The van der Waals surface area contributed by atoms with Crippen LogP contribution in [0, 0.1) is 5.92 Å². The predicted molar refractivity (Wildman–Crippen MR) is 115 cm³/mol. The van der Waals surface area contributed by atoms with Crippen LogP contribution in [-0.2, 0) is 18.4 Å². The molecule has 0 atom stereocenters. The average Bonchev–Trinajstić information content (AvgIpc) is 2.96. The van der Waals surface area contributed by atoms with Crippen LogP contribution < -0.4 is 5.56 Å². The Morgan fingerprint density at radius 2 is 2.07 bits per heavy atom. The molecule has 0 fully saturated rings. The van der Waals surface area contributed by atoms with Crippen LogP contribution in [0.3, 0.4) is 0 Å². The molecule has 0 bridgehead atoms. The van der Waals surface area contributed by atoms with Gasteiger partial charge in [0.2, 0.25) is 5.78 Å². The van der Waals surface area contributed by atoms with E-state index in [2.05, 4.69) is 52.5 Å². The van der Waals surface area contributed by atoms with Gasteiger partial charge in [0.15, 0.2) is 5.16 Å². The van der Waals surface area contributed by atoms with Gasteiger partial charge in [0.05, 0.1) is 11.3 Å². The first-order valence-electron chi connectivity index (χ1n) is 9.69. The van der Waals surface area contributed by atoms with Crippen molar-refractivity contribution < 1.29 is 0 Å². The molecule has 0 amide bonds. The lowest BCUT2D eigenvalue weighted by Gasteiger charge is -2.32. The molecule has 3 aromatic rings. The largest absolute Gasteiger partial charge is 0.268 e. The predicted octanol–water partition coefficient (Wildman–Crippen LogP) is 4.33. The van der Waals surface area contributed by atoms with Crippen molar-refractivity contribution in [2.75, 3.05) is 5.75 Å².